The molecule has 4 heteroatoms. The van der Waals surface area contributed by atoms with Gasteiger partial charge < -0.3 is 4.90 Å². The van der Waals surface area contributed by atoms with Crippen molar-refractivity contribution in [3.05, 3.63) is 35.6 Å². The van der Waals surface area contributed by atoms with Gasteiger partial charge >= 0.3 is 0 Å². The van der Waals surface area contributed by atoms with E-state index in [9.17, 15) is 9.18 Å². The molecule has 2 aliphatic rings. The van der Waals surface area contributed by atoms with Crippen LogP contribution in [0.4, 0.5) is 4.39 Å². The molecule has 0 unspecified atom stereocenters. The van der Waals surface area contributed by atoms with Gasteiger partial charge in [-0.25, -0.2) is 4.39 Å². The van der Waals surface area contributed by atoms with Crippen LogP contribution in [-0.4, -0.2) is 47.9 Å². The lowest BCUT2D eigenvalue weighted by molar-refractivity contribution is -0.134. The molecule has 1 aromatic rings. The molecule has 0 N–H and O–H groups in total. The van der Waals surface area contributed by atoms with Crippen LogP contribution in [-0.2, 0) is 11.2 Å². The van der Waals surface area contributed by atoms with Crippen LogP contribution in [0.15, 0.2) is 24.3 Å². The largest absolute Gasteiger partial charge is 0.341 e. The highest BCUT2D eigenvalue weighted by atomic mass is 19.1. The van der Waals surface area contributed by atoms with E-state index in [1.54, 1.807) is 0 Å². The summed E-state index contributed by atoms with van der Waals surface area (Å²) < 4.78 is 13.0. The number of rotatable bonds is 4. The summed E-state index contributed by atoms with van der Waals surface area (Å²) in [7, 11) is 0. The van der Waals surface area contributed by atoms with E-state index in [4.69, 9.17) is 0 Å². The Kier molecular flexibility index (Phi) is 5.31. The van der Waals surface area contributed by atoms with Gasteiger partial charge in [0.15, 0.2) is 0 Å². The molecule has 2 heterocycles. The summed E-state index contributed by atoms with van der Waals surface area (Å²) in [5.41, 5.74) is 1.15. The van der Waals surface area contributed by atoms with Gasteiger partial charge in [-0.1, -0.05) is 19.1 Å². The average Bonchev–Trinajstić information content (AvgIpc) is 2.96. The highest BCUT2D eigenvalue weighted by Gasteiger charge is 2.29. The number of carbonyl (C=O) groups is 1. The zero-order valence-electron chi connectivity index (χ0n) is 14.0. The molecule has 1 amide bonds. The molecule has 2 saturated heterocycles. The summed E-state index contributed by atoms with van der Waals surface area (Å²) in [5.74, 6) is 0.718. The van der Waals surface area contributed by atoms with Crippen molar-refractivity contribution in [1.82, 2.24) is 9.80 Å². The molecule has 3 rings (SSSR count). The van der Waals surface area contributed by atoms with Gasteiger partial charge in [0.1, 0.15) is 5.82 Å². The SMILES string of the molecule is C[C@@H]1CCCN(C(=O)CN2CCC[C@@H]2Cc2ccc(F)cc2)C1. The van der Waals surface area contributed by atoms with Crippen molar-refractivity contribution in [2.45, 2.75) is 45.1 Å². The molecule has 0 aromatic heterocycles. The highest BCUT2D eigenvalue weighted by Crippen LogP contribution is 2.22. The monoisotopic (exact) mass is 318 g/mol. The minimum Gasteiger partial charge on any atom is -0.341 e. The fourth-order valence-electron chi connectivity index (χ4n) is 3.92. The standard InChI is InChI=1S/C19H27FN2O/c1-15-4-2-11-22(13-15)19(23)14-21-10-3-5-18(21)12-16-6-8-17(20)9-7-16/h6-9,15,18H,2-5,10-14H2,1H3/t15-,18-/m1/s1. The van der Waals surface area contributed by atoms with Gasteiger partial charge in [-0.15, -0.1) is 0 Å². The topological polar surface area (TPSA) is 23.6 Å². The van der Waals surface area contributed by atoms with E-state index in [1.807, 2.05) is 17.0 Å². The molecule has 2 aliphatic heterocycles. The average molecular weight is 318 g/mol. The Balaban J connectivity index is 1.56. The number of halogens is 1. The molecule has 2 atom stereocenters. The highest BCUT2D eigenvalue weighted by molar-refractivity contribution is 5.78. The van der Waals surface area contributed by atoms with Crippen molar-refractivity contribution in [2.24, 2.45) is 5.92 Å². The van der Waals surface area contributed by atoms with Crippen LogP contribution in [0, 0.1) is 11.7 Å². The smallest absolute Gasteiger partial charge is 0.236 e. The minimum atomic E-state index is -0.188. The first kappa shape index (κ1) is 16.4. The fourth-order valence-corrected chi connectivity index (χ4v) is 3.92. The summed E-state index contributed by atoms with van der Waals surface area (Å²) in [6.45, 7) is 5.60. The molecule has 0 bridgehead atoms. The van der Waals surface area contributed by atoms with Gasteiger partial charge in [0, 0.05) is 19.1 Å². The van der Waals surface area contributed by atoms with Gasteiger partial charge in [-0.3, -0.25) is 9.69 Å². The first-order valence-electron chi connectivity index (χ1n) is 8.88. The number of amides is 1. The van der Waals surface area contributed by atoms with E-state index in [2.05, 4.69) is 11.8 Å². The van der Waals surface area contributed by atoms with Gasteiger partial charge in [-0.2, -0.15) is 0 Å². The molecule has 0 spiro atoms. The van der Waals surface area contributed by atoms with Crippen LogP contribution in [0.3, 0.4) is 0 Å². The van der Waals surface area contributed by atoms with Gasteiger partial charge in [0.25, 0.3) is 0 Å². The quantitative estimate of drug-likeness (QED) is 0.852. The molecule has 3 nitrogen and oxygen atoms in total. The molecule has 0 aliphatic carbocycles. The Morgan fingerprint density at radius 3 is 2.65 bits per heavy atom. The lowest BCUT2D eigenvalue weighted by Crippen LogP contribution is -2.46. The van der Waals surface area contributed by atoms with Crippen LogP contribution in [0.25, 0.3) is 0 Å². The summed E-state index contributed by atoms with van der Waals surface area (Å²) in [5, 5.41) is 0. The van der Waals surface area contributed by atoms with Crippen LogP contribution >= 0.6 is 0 Å². The molecule has 2 fully saturated rings. The van der Waals surface area contributed by atoms with Crippen molar-refractivity contribution < 1.29 is 9.18 Å². The van der Waals surface area contributed by atoms with E-state index >= 15 is 0 Å². The first-order chi connectivity index (χ1) is 11.1. The zero-order chi connectivity index (χ0) is 16.2. The Hall–Kier alpha value is -1.42. The van der Waals surface area contributed by atoms with E-state index in [1.165, 1.54) is 18.6 Å². The Bertz CT molecular complexity index is 531. The number of benzene rings is 1. The summed E-state index contributed by atoms with van der Waals surface area (Å²) in [6, 6.07) is 7.18. The third kappa shape index (κ3) is 4.31. The summed E-state index contributed by atoms with van der Waals surface area (Å²) in [4.78, 5) is 16.9. The zero-order valence-corrected chi connectivity index (χ0v) is 14.0. The van der Waals surface area contributed by atoms with E-state index in [-0.39, 0.29) is 11.7 Å². The Morgan fingerprint density at radius 2 is 1.91 bits per heavy atom. The minimum absolute atomic E-state index is 0.188. The van der Waals surface area contributed by atoms with E-state index in [0.717, 1.165) is 50.9 Å². The molecule has 126 valence electrons. The van der Waals surface area contributed by atoms with E-state index < -0.39 is 0 Å². The normalized spacial score (nSPS) is 25.7. The van der Waals surface area contributed by atoms with Crippen molar-refractivity contribution in [2.75, 3.05) is 26.2 Å². The molecular weight excluding hydrogens is 291 g/mol. The fraction of sp³-hybridized carbons (Fsp3) is 0.632. The number of piperidine rings is 1. The summed E-state index contributed by atoms with van der Waals surface area (Å²) >= 11 is 0. The van der Waals surface area contributed by atoms with Crippen LogP contribution in [0.1, 0.15) is 38.2 Å². The number of nitrogens with zero attached hydrogens (tertiary/aromatic N) is 2. The lowest BCUT2D eigenvalue weighted by Gasteiger charge is -2.33. The Morgan fingerprint density at radius 1 is 1.17 bits per heavy atom. The lowest BCUT2D eigenvalue weighted by atomic mass is 10.0. The number of hydrogen-bond donors (Lipinski definition) is 0. The second kappa shape index (κ2) is 7.43. The third-order valence-electron chi connectivity index (χ3n) is 5.23. The van der Waals surface area contributed by atoms with Gasteiger partial charge in [0.05, 0.1) is 6.54 Å². The number of carbonyl (C=O) groups excluding carboxylic acids is 1. The predicted octanol–water partition coefficient (Wildman–Crippen LogP) is 3.09. The maximum Gasteiger partial charge on any atom is 0.236 e. The first-order valence-corrected chi connectivity index (χ1v) is 8.88. The second-order valence-corrected chi connectivity index (χ2v) is 7.18. The maximum absolute atomic E-state index is 13.0. The molecule has 0 saturated carbocycles. The van der Waals surface area contributed by atoms with Gasteiger partial charge in [-0.05, 0) is 62.3 Å². The van der Waals surface area contributed by atoms with Crippen molar-refractivity contribution in [3.8, 4) is 0 Å². The second-order valence-electron chi connectivity index (χ2n) is 7.18. The van der Waals surface area contributed by atoms with Crippen molar-refractivity contribution in [3.63, 3.8) is 0 Å². The van der Waals surface area contributed by atoms with Crippen molar-refractivity contribution >= 4 is 5.91 Å². The van der Waals surface area contributed by atoms with Crippen LogP contribution in [0.2, 0.25) is 0 Å². The van der Waals surface area contributed by atoms with Crippen LogP contribution < -0.4 is 0 Å². The third-order valence-corrected chi connectivity index (χ3v) is 5.23. The molecular formula is C19H27FN2O. The number of hydrogen-bond acceptors (Lipinski definition) is 2. The van der Waals surface area contributed by atoms with Gasteiger partial charge in [0.2, 0.25) is 5.91 Å². The summed E-state index contributed by atoms with van der Waals surface area (Å²) in [6.07, 6.45) is 5.55. The Labute approximate surface area is 138 Å². The molecule has 23 heavy (non-hydrogen) atoms. The predicted molar refractivity (Wildman–Crippen MR) is 89.7 cm³/mol. The van der Waals surface area contributed by atoms with Crippen LogP contribution in [0.5, 0.6) is 0 Å². The molecule has 1 aromatic carbocycles. The maximum atomic E-state index is 13.0. The van der Waals surface area contributed by atoms with E-state index in [0.29, 0.717) is 18.5 Å². The number of likely N-dealkylation sites (tertiary alicyclic amines) is 2. The van der Waals surface area contributed by atoms with Crippen molar-refractivity contribution in [1.29, 1.82) is 0 Å². The molecule has 0 radical (unpaired) electrons.